The fraction of sp³-hybridized carbons (Fsp3) is 0.250. The number of thiazole rings is 1. The van der Waals surface area contributed by atoms with Crippen LogP contribution in [0.5, 0.6) is 0 Å². The highest BCUT2D eigenvalue weighted by Gasteiger charge is 2.13. The van der Waals surface area contributed by atoms with Crippen molar-refractivity contribution in [1.82, 2.24) is 9.55 Å². The quantitative estimate of drug-likeness (QED) is 0.771. The first-order chi connectivity index (χ1) is 12.6. The summed E-state index contributed by atoms with van der Waals surface area (Å²) in [6, 6.07) is 9.46. The van der Waals surface area contributed by atoms with Crippen molar-refractivity contribution >= 4 is 22.4 Å². The summed E-state index contributed by atoms with van der Waals surface area (Å²) in [6.07, 6.45) is 6.37. The molecule has 5 nitrogen and oxygen atoms in total. The van der Waals surface area contributed by atoms with E-state index in [2.05, 4.69) is 28.5 Å². The number of aryl methyl sites for hydroxylation is 3. The van der Waals surface area contributed by atoms with E-state index >= 15 is 0 Å². The average Bonchev–Trinajstić information content (AvgIpc) is 3.12. The Kier molecular flexibility index (Phi) is 4.42. The molecule has 1 N–H and O–H groups in total. The minimum absolute atomic E-state index is 0.216. The molecule has 0 atom stereocenters. The topological polar surface area (TPSA) is 64.0 Å². The normalized spacial score (nSPS) is 13.3. The fourth-order valence-corrected chi connectivity index (χ4v) is 3.93. The highest BCUT2D eigenvalue weighted by molar-refractivity contribution is 7.14. The molecular formula is C20H19N3O2S. The number of hydrogen-bond acceptors (Lipinski definition) is 4. The molecule has 26 heavy (non-hydrogen) atoms. The van der Waals surface area contributed by atoms with E-state index in [1.54, 1.807) is 19.3 Å². The molecule has 0 fully saturated rings. The number of benzene rings is 1. The van der Waals surface area contributed by atoms with Crippen LogP contribution < -0.4 is 10.9 Å². The highest BCUT2D eigenvalue weighted by atomic mass is 32.1. The average molecular weight is 365 g/mol. The molecule has 0 saturated carbocycles. The van der Waals surface area contributed by atoms with E-state index in [1.807, 2.05) is 5.38 Å². The van der Waals surface area contributed by atoms with E-state index in [-0.39, 0.29) is 11.5 Å². The number of carbonyl (C=O) groups is 1. The van der Waals surface area contributed by atoms with Gasteiger partial charge in [0.2, 0.25) is 0 Å². The van der Waals surface area contributed by atoms with Gasteiger partial charge < -0.3 is 4.57 Å². The van der Waals surface area contributed by atoms with Crippen molar-refractivity contribution in [2.24, 2.45) is 7.05 Å². The van der Waals surface area contributed by atoms with E-state index in [0.29, 0.717) is 10.7 Å². The Balaban J connectivity index is 1.53. The van der Waals surface area contributed by atoms with E-state index in [9.17, 15) is 9.59 Å². The zero-order chi connectivity index (χ0) is 18.1. The van der Waals surface area contributed by atoms with Gasteiger partial charge in [-0.05, 0) is 48.9 Å². The Bertz CT molecular complexity index is 1040. The summed E-state index contributed by atoms with van der Waals surface area (Å²) in [5.74, 6) is -0.325. The number of pyridine rings is 1. The van der Waals surface area contributed by atoms with Crippen LogP contribution in [0, 0.1) is 0 Å². The van der Waals surface area contributed by atoms with Crippen molar-refractivity contribution in [1.29, 1.82) is 0 Å². The summed E-state index contributed by atoms with van der Waals surface area (Å²) in [5.41, 5.74) is 4.91. The van der Waals surface area contributed by atoms with Gasteiger partial charge in [0.1, 0.15) is 0 Å². The number of hydrogen-bond donors (Lipinski definition) is 1. The lowest BCUT2D eigenvalue weighted by Crippen LogP contribution is -2.19. The van der Waals surface area contributed by atoms with Crippen molar-refractivity contribution in [2.45, 2.75) is 25.7 Å². The van der Waals surface area contributed by atoms with Crippen LogP contribution in [0.15, 0.2) is 46.7 Å². The number of aromatic nitrogens is 2. The van der Waals surface area contributed by atoms with E-state index < -0.39 is 0 Å². The maximum atomic E-state index is 12.3. The minimum atomic E-state index is -0.325. The molecule has 1 aliphatic carbocycles. The monoisotopic (exact) mass is 365 g/mol. The van der Waals surface area contributed by atoms with Gasteiger partial charge in [-0.2, -0.15) is 0 Å². The van der Waals surface area contributed by atoms with Gasteiger partial charge in [0, 0.05) is 35.8 Å². The molecule has 0 aliphatic heterocycles. The molecule has 0 saturated heterocycles. The Labute approximate surface area is 155 Å². The third-order valence-corrected chi connectivity index (χ3v) is 5.49. The second-order valence-corrected chi connectivity index (χ2v) is 7.41. The molecule has 3 aromatic rings. The van der Waals surface area contributed by atoms with Gasteiger partial charge in [-0.25, -0.2) is 4.98 Å². The zero-order valence-electron chi connectivity index (χ0n) is 14.5. The number of rotatable bonds is 3. The summed E-state index contributed by atoms with van der Waals surface area (Å²) in [6.45, 7) is 0. The molecule has 132 valence electrons. The van der Waals surface area contributed by atoms with E-state index in [1.165, 1.54) is 45.9 Å². The summed E-state index contributed by atoms with van der Waals surface area (Å²) in [4.78, 5) is 28.5. The lowest BCUT2D eigenvalue weighted by Gasteiger charge is -2.16. The minimum Gasteiger partial charge on any atom is -0.319 e. The second kappa shape index (κ2) is 6.88. The second-order valence-electron chi connectivity index (χ2n) is 6.55. The molecule has 0 radical (unpaired) electrons. The van der Waals surface area contributed by atoms with Crippen molar-refractivity contribution in [3.05, 3.63) is 69.0 Å². The predicted molar refractivity (Wildman–Crippen MR) is 104 cm³/mol. The van der Waals surface area contributed by atoms with Crippen LogP contribution in [0.4, 0.5) is 5.13 Å². The number of carbonyl (C=O) groups excluding carboxylic acids is 1. The number of nitrogens with one attached hydrogen (secondary N) is 1. The molecule has 2 aromatic heterocycles. The summed E-state index contributed by atoms with van der Waals surface area (Å²) < 4.78 is 1.42. The van der Waals surface area contributed by atoms with Crippen molar-refractivity contribution in [2.75, 3.05) is 5.32 Å². The van der Waals surface area contributed by atoms with Gasteiger partial charge >= 0.3 is 0 Å². The van der Waals surface area contributed by atoms with Crippen molar-refractivity contribution in [3.8, 4) is 11.3 Å². The molecule has 1 aliphatic rings. The molecule has 0 spiro atoms. The Morgan fingerprint density at radius 2 is 1.96 bits per heavy atom. The summed E-state index contributed by atoms with van der Waals surface area (Å²) in [7, 11) is 1.65. The van der Waals surface area contributed by atoms with Gasteiger partial charge in [-0.15, -0.1) is 11.3 Å². The first-order valence-electron chi connectivity index (χ1n) is 8.66. The van der Waals surface area contributed by atoms with Crippen LogP contribution in [0.25, 0.3) is 11.3 Å². The predicted octanol–water partition coefficient (Wildman–Crippen LogP) is 3.64. The number of anilines is 1. The smallest absolute Gasteiger partial charge is 0.257 e. The van der Waals surface area contributed by atoms with E-state index in [0.717, 1.165) is 24.1 Å². The SMILES string of the molecule is Cn1ccc(C(=O)Nc2nc(-c3ccc4c(c3)CCCC4)cs2)cc1=O. The number of fused-ring (bicyclic) bond motifs is 1. The fourth-order valence-electron chi connectivity index (χ4n) is 3.22. The van der Waals surface area contributed by atoms with Crippen LogP contribution in [-0.4, -0.2) is 15.5 Å². The molecule has 1 aromatic carbocycles. The molecule has 6 heteroatoms. The van der Waals surface area contributed by atoms with Crippen LogP contribution in [0.3, 0.4) is 0 Å². The van der Waals surface area contributed by atoms with E-state index in [4.69, 9.17) is 0 Å². The van der Waals surface area contributed by atoms with Gasteiger partial charge in [0.05, 0.1) is 5.69 Å². The van der Waals surface area contributed by atoms with Gasteiger partial charge in [0.15, 0.2) is 5.13 Å². The maximum Gasteiger partial charge on any atom is 0.257 e. The van der Waals surface area contributed by atoms with Crippen molar-refractivity contribution < 1.29 is 4.79 Å². The first kappa shape index (κ1) is 16.7. The number of nitrogens with zero attached hydrogens (tertiary/aromatic N) is 2. The third kappa shape index (κ3) is 3.32. The Hall–Kier alpha value is -2.73. The van der Waals surface area contributed by atoms with Gasteiger partial charge in [-0.3, -0.25) is 14.9 Å². The lowest BCUT2D eigenvalue weighted by atomic mass is 9.90. The highest BCUT2D eigenvalue weighted by Crippen LogP contribution is 2.29. The molecule has 1 amide bonds. The van der Waals surface area contributed by atoms with Gasteiger partial charge in [0.25, 0.3) is 11.5 Å². The molecule has 4 rings (SSSR count). The molecular weight excluding hydrogens is 346 g/mol. The van der Waals surface area contributed by atoms with Crippen LogP contribution in [0.2, 0.25) is 0 Å². The first-order valence-corrected chi connectivity index (χ1v) is 9.54. The standard InChI is InChI=1S/C20H19N3O2S/c1-23-9-8-16(11-18(23)24)19(25)22-20-21-17(12-26-20)15-7-6-13-4-2-3-5-14(13)10-15/h6-12H,2-5H2,1H3,(H,21,22,25). The molecule has 0 bridgehead atoms. The molecule has 0 unspecified atom stereocenters. The van der Waals surface area contributed by atoms with Crippen LogP contribution in [0.1, 0.15) is 34.3 Å². The summed E-state index contributed by atoms with van der Waals surface area (Å²) in [5, 5.41) is 5.26. The van der Waals surface area contributed by atoms with Crippen LogP contribution in [-0.2, 0) is 19.9 Å². The summed E-state index contributed by atoms with van der Waals surface area (Å²) >= 11 is 1.39. The van der Waals surface area contributed by atoms with Gasteiger partial charge in [-0.1, -0.05) is 12.1 Å². The van der Waals surface area contributed by atoms with Crippen molar-refractivity contribution in [3.63, 3.8) is 0 Å². The Morgan fingerprint density at radius 3 is 2.77 bits per heavy atom. The Morgan fingerprint density at radius 1 is 1.15 bits per heavy atom. The maximum absolute atomic E-state index is 12.3. The van der Waals surface area contributed by atoms with Crippen LogP contribution >= 0.6 is 11.3 Å². The largest absolute Gasteiger partial charge is 0.319 e. The third-order valence-electron chi connectivity index (χ3n) is 4.74. The lowest BCUT2D eigenvalue weighted by molar-refractivity contribution is 0.102. The number of amides is 1. The molecule has 2 heterocycles. The zero-order valence-corrected chi connectivity index (χ0v) is 15.3.